The molecular formula is C12H10O4. The number of ketones is 1. The first-order chi connectivity index (χ1) is 7.54. The summed E-state index contributed by atoms with van der Waals surface area (Å²) in [6.45, 7) is 1.89. The summed E-state index contributed by atoms with van der Waals surface area (Å²) >= 11 is 0. The number of aryl methyl sites for hydroxylation is 1. The van der Waals surface area contributed by atoms with Gasteiger partial charge in [-0.25, -0.2) is 4.79 Å². The minimum absolute atomic E-state index is 0.104. The standard InChI is InChI=1S/C12H10O4/c1-6-2-3-9-7(4-6)10(13)8-5-12(8,16-9)11(14)15/h2-4,8H,5H2,1H3,(H,14,15)/t8-,12+/m0/s1. The maximum absolute atomic E-state index is 12.0. The topological polar surface area (TPSA) is 63.6 Å². The average molecular weight is 218 g/mol. The lowest BCUT2D eigenvalue weighted by molar-refractivity contribution is -0.148. The summed E-state index contributed by atoms with van der Waals surface area (Å²) in [5, 5.41) is 9.06. The molecule has 1 aliphatic heterocycles. The van der Waals surface area contributed by atoms with E-state index in [-0.39, 0.29) is 12.2 Å². The Bertz CT molecular complexity index is 520. The van der Waals surface area contributed by atoms with Crippen LogP contribution in [0.5, 0.6) is 5.75 Å². The molecular weight excluding hydrogens is 208 g/mol. The van der Waals surface area contributed by atoms with Crippen LogP contribution >= 0.6 is 0 Å². The van der Waals surface area contributed by atoms with Crippen molar-refractivity contribution in [3.8, 4) is 5.75 Å². The maximum Gasteiger partial charge on any atom is 0.348 e. The lowest BCUT2D eigenvalue weighted by Crippen LogP contribution is -2.37. The van der Waals surface area contributed by atoms with Gasteiger partial charge in [0.1, 0.15) is 5.75 Å². The molecule has 3 rings (SSSR count). The third-order valence-electron chi connectivity index (χ3n) is 3.28. The van der Waals surface area contributed by atoms with E-state index in [1.165, 1.54) is 0 Å². The number of carboxylic acids is 1. The summed E-state index contributed by atoms with van der Waals surface area (Å²) in [6.07, 6.45) is 0.287. The SMILES string of the molecule is Cc1ccc2c(c1)C(=O)[C@@H]1C[C@@]1(C(=O)O)O2. The first-order valence-corrected chi connectivity index (χ1v) is 5.12. The molecule has 0 radical (unpaired) electrons. The van der Waals surface area contributed by atoms with E-state index < -0.39 is 17.5 Å². The summed E-state index contributed by atoms with van der Waals surface area (Å²) < 4.78 is 5.46. The Morgan fingerprint density at radius 1 is 1.56 bits per heavy atom. The van der Waals surface area contributed by atoms with Crippen LogP contribution in [0, 0.1) is 12.8 Å². The Kier molecular flexibility index (Phi) is 1.55. The first-order valence-electron chi connectivity index (χ1n) is 5.12. The van der Waals surface area contributed by atoms with Gasteiger partial charge in [0.2, 0.25) is 5.60 Å². The third-order valence-corrected chi connectivity index (χ3v) is 3.28. The highest BCUT2D eigenvalue weighted by Crippen LogP contribution is 2.53. The molecule has 82 valence electrons. The summed E-state index contributed by atoms with van der Waals surface area (Å²) in [4.78, 5) is 23.0. The average Bonchev–Trinajstić information content (AvgIpc) is 2.96. The zero-order chi connectivity index (χ0) is 11.5. The van der Waals surface area contributed by atoms with Crippen LogP contribution in [0.15, 0.2) is 18.2 Å². The van der Waals surface area contributed by atoms with Gasteiger partial charge in [0, 0.05) is 6.42 Å². The van der Waals surface area contributed by atoms with Gasteiger partial charge in [0.25, 0.3) is 0 Å². The number of benzene rings is 1. The lowest BCUT2D eigenvalue weighted by atomic mass is 9.99. The molecule has 0 spiro atoms. The van der Waals surface area contributed by atoms with Crippen LogP contribution in [0.1, 0.15) is 22.3 Å². The Hall–Kier alpha value is -1.84. The number of rotatable bonds is 1. The summed E-state index contributed by atoms with van der Waals surface area (Å²) in [7, 11) is 0. The van der Waals surface area contributed by atoms with Crippen LogP contribution in [0.25, 0.3) is 0 Å². The van der Waals surface area contributed by atoms with Crippen molar-refractivity contribution >= 4 is 11.8 Å². The van der Waals surface area contributed by atoms with Gasteiger partial charge in [-0.3, -0.25) is 4.79 Å². The van der Waals surface area contributed by atoms with Gasteiger partial charge >= 0.3 is 5.97 Å². The number of hydrogen-bond donors (Lipinski definition) is 1. The Labute approximate surface area is 91.8 Å². The molecule has 4 nitrogen and oxygen atoms in total. The van der Waals surface area contributed by atoms with Crippen LogP contribution in [0.4, 0.5) is 0 Å². The van der Waals surface area contributed by atoms with Crippen LogP contribution in [-0.2, 0) is 4.79 Å². The van der Waals surface area contributed by atoms with Crippen LogP contribution < -0.4 is 4.74 Å². The summed E-state index contributed by atoms with van der Waals surface area (Å²) in [6, 6.07) is 5.23. The van der Waals surface area contributed by atoms with E-state index in [1.54, 1.807) is 12.1 Å². The predicted octanol–water partition coefficient (Wildman–Crippen LogP) is 1.41. The molecule has 16 heavy (non-hydrogen) atoms. The first kappa shape index (κ1) is 9.39. The largest absolute Gasteiger partial charge is 0.478 e. The van der Waals surface area contributed by atoms with E-state index in [2.05, 4.69) is 0 Å². The van der Waals surface area contributed by atoms with E-state index >= 15 is 0 Å². The van der Waals surface area contributed by atoms with E-state index in [9.17, 15) is 9.59 Å². The third kappa shape index (κ3) is 0.988. The van der Waals surface area contributed by atoms with Crippen molar-refractivity contribution < 1.29 is 19.4 Å². The molecule has 2 atom stereocenters. The van der Waals surface area contributed by atoms with E-state index in [4.69, 9.17) is 9.84 Å². The smallest absolute Gasteiger partial charge is 0.348 e. The van der Waals surface area contributed by atoms with Gasteiger partial charge in [0.05, 0.1) is 11.5 Å². The maximum atomic E-state index is 12.0. The number of ether oxygens (including phenoxy) is 1. The molecule has 1 heterocycles. The second-order valence-electron chi connectivity index (χ2n) is 4.42. The molecule has 1 aromatic rings. The molecule has 1 aliphatic carbocycles. The molecule has 1 saturated carbocycles. The highest BCUT2D eigenvalue weighted by atomic mass is 16.5. The molecule has 1 fully saturated rings. The number of carbonyl (C=O) groups is 2. The zero-order valence-corrected chi connectivity index (χ0v) is 8.69. The van der Waals surface area contributed by atoms with Crippen LogP contribution in [0.2, 0.25) is 0 Å². The van der Waals surface area contributed by atoms with Gasteiger partial charge in [-0.05, 0) is 19.1 Å². The molecule has 4 heteroatoms. The second kappa shape index (κ2) is 2.64. The fourth-order valence-corrected chi connectivity index (χ4v) is 2.25. The van der Waals surface area contributed by atoms with Crippen molar-refractivity contribution in [2.24, 2.45) is 5.92 Å². The molecule has 0 amide bonds. The van der Waals surface area contributed by atoms with Crippen molar-refractivity contribution in [2.75, 3.05) is 0 Å². The van der Waals surface area contributed by atoms with Gasteiger partial charge in [-0.2, -0.15) is 0 Å². The quantitative estimate of drug-likeness (QED) is 0.774. The van der Waals surface area contributed by atoms with Gasteiger partial charge in [-0.1, -0.05) is 11.6 Å². The number of fused-ring (bicyclic) bond motifs is 2. The number of carboxylic acid groups (broad SMARTS) is 1. The van der Waals surface area contributed by atoms with E-state index in [0.29, 0.717) is 11.3 Å². The highest BCUT2D eigenvalue weighted by molar-refractivity contribution is 6.09. The number of carbonyl (C=O) groups excluding carboxylic acids is 1. The molecule has 2 aliphatic rings. The minimum Gasteiger partial charge on any atom is -0.478 e. The van der Waals surface area contributed by atoms with Crippen LogP contribution in [-0.4, -0.2) is 22.5 Å². The van der Waals surface area contributed by atoms with E-state index in [1.807, 2.05) is 13.0 Å². The predicted molar refractivity (Wildman–Crippen MR) is 54.6 cm³/mol. The molecule has 0 unspecified atom stereocenters. The molecule has 0 aromatic heterocycles. The zero-order valence-electron chi connectivity index (χ0n) is 8.69. The van der Waals surface area contributed by atoms with Crippen molar-refractivity contribution in [3.05, 3.63) is 29.3 Å². The number of Topliss-reactive ketones (excluding diaryl/α,β-unsaturated/α-hetero) is 1. The Morgan fingerprint density at radius 2 is 2.31 bits per heavy atom. The minimum atomic E-state index is -1.28. The molecule has 0 bridgehead atoms. The van der Waals surface area contributed by atoms with Crippen molar-refractivity contribution in [1.29, 1.82) is 0 Å². The fraction of sp³-hybridized carbons (Fsp3) is 0.333. The highest BCUT2D eigenvalue weighted by Gasteiger charge is 2.69. The fourth-order valence-electron chi connectivity index (χ4n) is 2.25. The normalized spacial score (nSPS) is 30.1. The number of aliphatic carboxylic acids is 1. The summed E-state index contributed by atoms with van der Waals surface area (Å²) in [5.74, 6) is -1.25. The van der Waals surface area contributed by atoms with Crippen molar-refractivity contribution in [1.82, 2.24) is 0 Å². The second-order valence-corrected chi connectivity index (χ2v) is 4.42. The van der Waals surface area contributed by atoms with Gasteiger partial charge < -0.3 is 9.84 Å². The van der Waals surface area contributed by atoms with Gasteiger partial charge in [-0.15, -0.1) is 0 Å². The lowest BCUT2D eigenvalue weighted by Gasteiger charge is -2.22. The molecule has 1 aromatic carbocycles. The number of hydrogen-bond acceptors (Lipinski definition) is 3. The van der Waals surface area contributed by atoms with Gasteiger partial charge in [0.15, 0.2) is 5.78 Å². The molecule has 1 N–H and O–H groups in total. The Morgan fingerprint density at radius 3 is 3.00 bits per heavy atom. The monoisotopic (exact) mass is 218 g/mol. The van der Waals surface area contributed by atoms with Crippen LogP contribution in [0.3, 0.4) is 0 Å². The summed E-state index contributed by atoms with van der Waals surface area (Å²) in [5.41, 5.74) is 0.206. The Balaban J connectivity index is 2.11. The van der Waals surface area contributed by atoms with Crippen molar-refractivity contribution in [3.63, 3.8) is 0 Å². The van der Waals surface area contributed by atoms with Crippen molar-refractivity contribution in [2.45, 2.75) is 18.9 Å². The van der Waals surface area contributed by atoms with E-state index in [0.717, 1.165) is 5.56 Å². The molecule has 0 saturated heterocycles.